The Balaban J connectivity index is 2.04. The van der Waals surface area contributed by atoms with E-state index in [1.165, 1.54) is 15.3 Å². The van der Waals surface area contributed by atoms with Gasteiger partial charge in [-0.1, -0.05) is 0 Å². The van der Waals surface area contributed by atoms with Crippen LogP contribution in [0, 0.1) is 20.8 Å². The third kappa shape index (κ3) is 2.43. The van der Waals surface area contributed by atoms with Gasteiger partial charge < -0.3 is 0 Å². The smallest absolute Gasteiger partial charge is 0.283 e. The number of H-pyrrole nitrogens is 1. The topological polar surface area (TPSA) is 98.5 Å². The van der Waals surface area contributed by atoms with Crippen LogP contribution in [0.1, 0.15) is 17.1 Å². The van der Waals surface area contributed by atoms with E-state index >= 15 is 0 Å². The van der Waals surface area contributed by atoms with E-state index in [1.54, 1.807) is 31.5 Å². The molecule has 8 heteroatoms. The summed E-state index contributed by atoms with van der Waals surface area (Å²) in [7, 11) is 0. The van der Waals surface area contributed by atoms with Gasteiger partial charge in [0.2, 0.25) is 0 Å². The number of hydrogen-bond donors (Lipinski definition) is 1. The highest BCUT2D eigenvalue weighted by molar-refractivity contribution is 5.81. The summed E-state index contributed by atoms with van der Waals surface area (Å²) in [4.78, 5) is 38.3. The Morgan fingerprint density at radius 2 is 1.77 bits per heavy atom. The number of rotatable bonds is 2. The minimum Gasteiger partial charge on any atom is -0.287 e. The van der Waals surface area contributed by atoms with E-state index in [2.05, 4.69) is 20.1 Å². The second-order valence-corrected chi connectivity index (χ2v) is 6.11. The van der Waals surface area contributed by atoms with E-state index < -0.39 is 0 Å². The number of pyridine rings is 2. The molecule has 4 heterocycles. The van der Waals surface area contributed by atoms with Crippen LogP contribution in [0.5, 0.6) is 0 Å². The van der Waals surface area contributed by atoms with Crippen LogP contribution in [-0.4, -0.2) is 29.3 Å². The average Bonchev–Trinajstić information content (AvgIpc) is 2.91. The van der Waals surface area contributed by atoms with Crippen molar-refractivity contribution in [2.24, 2.45) is 0 Å². The van der Waals surface area contributed by atoms with Crippen LogP contribution >= 0.6 is 0 Å². The lowest BCUT2D eigenvalue weighted by Crippen LogP contribution is -2.22. The van der Waals surface area contributed by atoms with Gasteiger partial charge in [-0.15, -0.1) is 0 Å². The molecule has 4 aromatic rings. The second-order valence-electron chi connectivity index (χ2n) is 6.11. The van der Waals surface area contributed by atoms with Crippen LogP contribution in [0.2, 0.25) is 0 Å². The third-order valence-electron chi connectivity index (χ3n) is 4.18. The van der Waals surface area contributed by atoms with E-state index in [9.17, 15) is 9.59 Å². The van der Waals surface area contributed by atoms with Gasteiger partial charge in [-0.05, 0) is 39.0 Å². The highest BCUT2D eigenvalue weighted by atomic mass is 16.1. The minimum absolute atomic E-state index is 0.252. The summed E-state index contributed by atoms with van der Waals surface area (Å²) in [5.41, 5.74) is 2.53. The number of hydrogen-bond acceptors (Lipinski definition) is 5. The number of aryl methyl sites for hydroxylation is 3. The fourth-order valence-electron chi connectivity index (χ4n) is 3.13. The normalized spacial score (nSPS) is 11.2. The summed E-state index contributed by atoms with van der Waals surface area (Å²) >= 11 is 0. The number of aromatic nitrogens is 6. The quantitative estimate of drug-likeness (QED) is 0.593. The van der Waals surface area contributed by atoms with E-state index in [0.717, 1.165) is 11.4 Å². The Hall–Kier alpha value is -3.55. The minimum atomic E-state index is -0.305. The van der Waals surface area contributed by atoms with Crippen molar-refractivity contribution in [2.45, 2.75) is 20.8 Å². The summed E-state index contributed by atoms with van der Waals surface area (Å²) in [6.07, 6.45) is 3.21. The van der Waals surface area contributed by atoms with Gasteiger partial charge in [0, 0.05) is 29.3 Å². The van der Waals surface area contributed by atoms with Crippen LogP contribution in [0.3, 0.4) is 0 Å². The second kappa shape index (κ2) is 5.76. The molecule has 1 N–H and O–H groups in total. The summed E-state index contributed by atoms with van der Waals surface area (Å²) < 4.78 is 2.74. The lowest BCUT2D eigenvalue weighted by molar-refractivity contribution is 0.780. The largest absolute Gasteiger partial charge is 0.287 e. The molecule has 0 aromatic carbocycles. The fraction of sp³-hybridized carbons (Fsp3) is 0.167. The molecule has 130 valence electrons. The van der Waals surface area contributed by atoms with Crippen molar-refractivity contribution in [3.05, 3.63) is 74.4 Å². The molecular formula is C18H16N6O2. The van der Waals surface area contributed by atoms with Gasteiger partial charge in [-0.2, -0.15) is 4.68 Å². The van der Waals surface area contributed by atoms with Gasteiger partial charge in [-0.25, -0.2) is 9.97 Å². The highest BCUT2D eigenvalue weighted by Crippen LogP contribution is 2.15. The monoisotopic (exact) mass is 348 g/mol. The standard InChI is InChI=1S/C18H16N6O2/c1-10-7-11(2)21-18(20-10)24-17(26)16-12(3)23(13-5-4-6-19-9-13)15(25)8-14(16)22-24/h4-9,22H,1-3H3. The maximum absolute atomic E-state index is 13.0. The number of nitrogens with zero attached hydrogens (tertiary/aromatic N) is 5. The van der Waals surface area contributed by atoms with Crippen molar-refractivity contribution in [3.63, 3.8) is 0 Å². The molecule has 0 radical (unpaired) electrons. The zero-order valence-corrected chi connectivity index (χ0v) is 14.5. The summed E-state index contributed by atoms with van der Waals surface area (Å²) in [6.45, 7) is 5.41. The van der Waals surface area contributed by atoms with Gasteiger partial charge >= 0.3 is 0 Å². The molecular weight excluding hydrogens is 332 g/mol. The Kier molecular flexibility index (Phi) is 3.54. The van der Waals surface area contributed by atoms with E-state index in [0.29, 0.717) is 22.3 Å². The summed E-state index contributed by atoms with van der Waals surface area (Å²) in [5, 5.41) is 3.36. The predicted molar refractivity (Wildman–Crippen MR) is 97.1 cm³/mol. The molecule has 0 unspecified atom stereocenters. The molecule has 4 aromatic heterocycles. The molecule has 0 spiro atoms. The van der Waals surface area contributed by atoms with Crippen molar-refractivity contribution in [1.82, 2.24) is 29.3 Å². The molecule has 0 aliphatic rings. The van der Waals surface area contributed by atoms with Crippen molar-refractivity contribution in [1.29, 1.82) is 0 Å². The zero-order chi connectivity index (χ0) is 18.4. The maximum atomic E-state index is 13.0. The summed E-state index contributed by atoms with van der Waals surface area (Å²) in [5.74, 6) is 0.253. The molecule has 0 bridgehead atoms. The van der Waals surface area contributed by atoms with Gasteiger partial charge in [-0.3, -0.25) is 24.2 Å². The van der Waals surface area contributed by atoms with E-state index in [1.807, 2.05) is 19.9 Å². The molecule has 26 heavy (non-hydrogen) atoms. The Morgan fingerprint density at radius 1 is 1.04 bits per heavy atom. The van der Waals surface area contributed by atoms with Crippen LogP contribution < -0.4 is 11.1 Å². The lowest BCUT2D eigenvalue weighted by Gasteiger charge is -2.09. The molecule has 0 aliphatic heterocycles. The zero-order valence-electron chi connectivity index (χ0n) is 14.5. The molecule has 0 saturated heterocycles. The van der Waals surface area contributed by atoms with Crippen molar-refractivity contribution >= 4 is 10.9 Å². The molecule has 0 amide bonds. The molecule has 0 saturated carbocycles. The number of fused-ring (bicyclic) bond motifs is 1. The Morgan fingerprint density at radius 3 is 2.42 bits per heavy atom. The van der Waals surface area contributed by atoms with E-state index in [-0.39, 0.29) is 17.1 Å². The Bertz CT molecular complexity index is 1230. The molecule has 4 rings (SSSR count). The predicted octanol–water partition coefficient (Wildman–Crippen LogP) is 1.58. The first-order valence-corrected chi connectivity index (χ1v) is 8.06. The average molecular weight is 348 g/mol. The van der Waals surface area contributed by atoms with Gasteiger partial charge in [0.05, 0.1) is 22.8 Å². The molecule has 0 fully saturated rings. The highest BCUT2D eigenvalue weighted by Gasteiger charge is 2.17. The van der Waals surface area contributed by atoms with Crippen molar-refractivity contribution in [2.75, 3.05) is 0 Å². The van der Waals surface area contributed by atoms with Crippen LogP contribution in [0.4, 0.5) is 0 Å². The van der Waals surface area contributed by atoms with Crippen LogP contribution in [0.15, 0.2) is 46.2 Å². The van der Waals surface area contributed by atoms with Crippen molar-refractivity contribution in [3.8, 4) is 11.6 Å². The van der Waals surface area contributed by atoms with E-state index in [4.69, 9.17) is 0 Å². The SMILES string of the molecule is Cc1cc(C)nc(-n2[nH]c3cc(=O)n(-c4cccnc4)c(C)c3c2=O)n1. The lowest BCUT2D eigenvalue weighted by atomic mass is 10.2. The summed E-state index contributed by atoms with van der Waals surface area (Å²) in [6, 6.07) is 6.74. The first-order valence-electron chi connectivity index (χ1n) is 8.06. The molecule has 0 aliphatic carbocycles. The number of aromatic amines is 1. The third-order valence-corrected chi connectivity index (χ3v) is 4.18. The molecule has 0 atom stereocenters. The van der Waals surface area contributed by atoms with Gasteiger partial charge in [0.15, 0.2) is 0 Å². The Labute approximate surface area is 147 Å². The molecule has 8 nitrogen and oxygen atoms in total. The van der Waals surface area contributed by atoms with Crippen molar-refractivity contribution < 1.29 is 0 Å². The first-order chi connectivity index (χ1) is 12.5. The first kappa shape index (κ1) is 15.9. The van der Waals surface area contributed by atoms with Gasteiger partial charge in [0.1, 0.15) is 0 Å². The van der Waals surface area contributed by atoms with Crippen LogP contribution in [0.25, 0.3) is 22.5 Å². The van der Waals surface area contributed by atoms with Gasteiger partial charge in [0.25, 0.3) is 17.1 Å². The maximum Gasteiger partial charge on any atom is 0.283 e. The fourth-order valence-corrected chi connectivity index (χ4v) is 3.13. The van der Waals surface area contributed by atoms with Crippen LogP contribution in [-0.2, 0) is 0 Å². The number of nitrogens with one attached hydrogen (secondary N) is 1.